The van der Waals surface area contributed by atoms with Gasteiger partial charge in [0.25, 0.3) is 0 Å². The zero-order valence-electron chi connectivity index (χ0n) is 10.4. The van der Waals surface area contributed by atoms with Crippen molar-refractivity contribution in [1.29, 1.82) is 0 Å². The summed E-state index contributed by atoms with van der Waals surface area (Å²) in [7, 11) is 0. The van der Waals surface area contributed by atoms with Crippen LogP contribution in [-0.4, -0.2) is 19.2 Å². The summed E-state index contributed by atoms with van der Waals surface area (Å²) >= 11 is 1.79. The van der Waals surface area contributed by atoms with Crippen LogP contribution in [0.2, 0.25) is 0 Å². The molecule has 0 spiro atoms. The molecule has 0 radical (unpaired) electrons. The molecule has 0 bridgehead atoms. The quantitative estimate of drug-likeness (QED) is 0.792. The summed E-state index contributed by atoms with van der Waals surface area (Å²) in [5.74, 6) is 0. The summed E-state index contributed by atoms with van der Waals surface area (Å²) in [6, 6.07) is 9.01. The van der Waals surface area contributed by atoms with E-state index in [4.69, 9.17) is 4.74 Å². The minimum Gasteiger partial charge on any atom is -0.375 e. The topological polar surface area (TPSA) is 21.3 Å². The SMILES string of the molecule is CC(C)NCCOCc1csc2ccccc12. The van der Waals surface area contributed by atoms with Gasteiger partial charge in [-0.3, -0.25) is 0 Å². The highest BCUT2D eigenvalue weighted by Gasteiger charge is 2.02. The van der Waals surface area contributed by atoms with E-state index in [2.05, 4.69) is 48.8 Å². The fraction of sp³-hybridized carbons (Fsp3) is 0.429. The Morgan fingerprint density at radius 3 is 2.94 bits per heavy atom. The van der Waals surface area contributed by atoms with Crippen molar-refractivity contribution in [3.63, 3.8) is 0 Å². The van der Waals surface area contributed by atoms with Crippen LogP contribution in [0.3, 0.4) is 0 Å². The predicted octanol–water partition coefficient (Wildman–Crippen LogP) is 3.42. The van der Waals surface area contributed by atoms with Crippen LogP contribution in [0.4, 0.5) is 0 Å². The lowest BCUT2D eigenvalue weighted by molar-refractivity contribution is 0.122. The van der Waals surface area contributed by atoms with Crippen molar-refractivity contribution in [1.82, 2.24) is 5.32 Å². The third kappa shape index (κ3) is 3.53. The van der Waals surface area contributed by atoms with Gasteiger partial charge in [0.15, 0.2) is 0 Å². The highest BCUT2D eigenvalue weighted by molar-refractivity contribution is 7.17. The fourth-order valence-corrected chi connectivity index (χ4v) is 2.69. The van der Waals surface area contributed by atoms with Gasteiger partial charge >= 0.3 is 0 Å². The van der Waals surface area contributed by atoms with Crippen molar-refractivity contribution in [2.45, 2.75) is 26.5 Å². The van der Waals surface area contributed by atoms with Gasteiger partial charge in [-0.2, -0.15) is 0 Å². The number of hydrogen-bond acceptors (Lipinski definition) is 3. The van der Waals surface area contributed by atoms with Crippen LogP contribution in [0.5, 0.6) is 0 Å². The molecule has 0 atom stereocenters. The van der Waals surface area contributed by atoms with Crippen LogP contribution >= 0.6 is 11.3 Å². The first-order valence-electron chi connectivity index (χ1n) is 6.03. The van der Waals surface area contributed by atoms with Gasteiger partial charge in [0.1, 0.15) is 0 Å². The Labute approximate surface area is 107 Å². The largest absolute Gasteiger partial charge is 0.375 e. The Hall–Kier alpha value is -0.900. The van der Waals surface area contributed by atoms with E-state index >= 15 is 0 Å². The Kier molecular flexibility index (Phi) is 4.54. The van der Waals surface area contributed by atoms with E-state index < -0.39 is 0 Å². The lowest BCUT2D eigenvalue weighted by Crippen LogP contribution is -2.26. The molecule has 0 saturated carbocycles. The predicted molar refractivity (Wildman–Crippen MR) is 74.6 cm³/mol. The summed E-state index contributed by atoms with van der Waals surface area (Å²) in [6.45, 7) is 6.69. The maximum Gasteiger partial charge on any atom is 0.0731 e. The average molecular weight is 249 g/mol. The van der Waals surface area contributed by atoms with Crippen molar-refractivity contribution >= 4 is 21.4 Å². The van der Waals surface area contributed by atoms with Crippen LogP contribution in [0.25, 0.3) is 10.1 Å². The highest BCUT2D eigenvalue weighted by Crippen LogP contribution is 2.25. The van der Waals surface area contributed by atoms with Crippen LogP contribution in [0.15, 0.2) is 29.6 Å². The lowest BCUT2D eigenvalue weighted by Gasteiger charge is -2.08. The number of ether oxygens (including phenoxy) is 1. The van der Waals surface area contributed by atoms with Gasteiger partial charge in [-0.05, 0) is 22.4 Å². The molecule has 17 heavy (non-hydrogen) atoms. The molecule has 0 saturated heterocycles. The average Bonchev–Trinajstić information content (AvgIpc) is 2.72. The van der Waals surface area contributed by atoms with Crippen LogP contribution < -0.4 is 5.32 Å². The summed E-state index contributed by atoms with van der Waals surface area (Å²) in [5, 5.41) is 6.86. The smallest absolute Gasteiger partial charge is 0.0731 e. The number of fused-ring (bicyclic) bond motifs is 1. The van der Waals surface area contributed by atoms with Gasteiger partial charge in [-0.15, -0.1) is 11.3 Å². The minimum absolute atomic E-state index is 0.528. The van der Waals surface area contributed by atoms with E-state index in [-0.39, 0.29) is 0 Å². The summed E-state index contributed by atoms with van der Waals surface area (Å²) < 4.78 is 7.02. The van der Waals surface area contributed by atoms with E-state index in [1.54, 1.807) is 11.3 Å². The molecule has 0 amide bonds. The van der Waals surface area contributed by atoms with Gasteiger partial charge in [0.2, 0.25) is 0 Å². The standard InChI is InChI=1S/C14H19NOS/c1-11(2)15-7-8-16-9-12-10-17-14-6-4-3-5-13(12)14/h3-6,10-11,15H,7-9H2,1-2H3. The van der Waals surface area contributed by atoms with Gasteiger partial charge < -0.3 is 10.1 Å². The molecule has 2 aromatic rings. The minimum atomic E-state index is 0.528. The molecule has 1 aromatic carbocycles. The van der Waals surface area contributed by atoms with E-state index in [1.165, 1.54) is 15.6 Å². The molecule has 1 heterocycles. The Bertz CT molecular complexity index is 464. The molecule has 0 aliphatic rings. The van der Waals surface area contributed by atoms with Crippen molar-refractivity contribution < 1.29 is 4.74 Å². The first-order valence-corrected chi connectivity index (χ1v) is 6.91. The summed E-state index contributed by atoms with van der Waals surface area (Å²) in [4.78, 5) is 0. The number of hydrogen-bond donors (Lipinski definition) is 1. The Balaban J connectivity index is 1.83. The van der Waals surface area contributed by atoms with Crippen molar-refractivity contribution in [3.05, 3.63) is 35.2 Å². The maximum absolute atomic E-state index is 5.68. The number of rotatable bonds is 6. The Morgan fingerprint density at radius 1 is 1.29 bits per heavy atom. The van der Waals surface area contributed by atoms with E-state index in [1.807, 2.05) is 0 Å². The number of nitrogens with one attached hydrogen (secondary N) is 1. The third-order valence-electron chi connectivity index (χ3n) is 2.62. The lowest BCUT2D eigenvalue weighted by atomic mass is 10.2. The van der Waals surface area contributed by atoms with E-state index in [0.717, 1.165) is 13.2 Å². The van der Waals surface area contributed by atoms with E-state index in [9.17, 15) is 0 Å². The number of benzene rings is 1. The second-order valence-corrected chi connectivity index (χ2v) is 5.33. The zero-order valence-corrected chi connectivity index (χ0v) is 11.2. The van der Waals surface area contributed by atoms with Crippen molar-refractivity contribution in [2.24, 2.45) is 0 Å². The first-order chi connectivity index (χ1) is 8.27. The maximum atomic E-state index is 5.68. The summed E-state index contributed by atoms with van der Waals surface area (Å²) in [5.41, 5.74) is 1.30. The third-order valence-corrected chi connectivity index (χ3v) is 3.63. The van der Waals surface area contributed by atoms with Gasteiger partial charge in [0.05, 0.1) is 13.2 Å². The fourth-order valence-electron chi connectivity index (χ4n) is 1.75. The molecule has 92 valence electrons. The molecule has 0 aliphatic heterocycles. The molecule has 0 unspecified atom stereocenters. The first kappa shape index (κ1) is 12.6. The molecule has 3 heteroatoms. The summed E-state index contributed by atoms with van der Waals surface area (Å²) in [6.07, 6.45) is 0. The second-order valence-electron chi connectivity index (χ2n) is 4.42. The van der Waals surface area contributed by atoms with Gasteiger partial charge in [0, 0.05) is 17.3 Å². The zero-order chi connectivity index (χ0) is 12.1. The normalized spacial score (nSPS) is 11.5. The monoisotopic (exact) mass is 249 g/mol. The highest BCUT2D eigenvalue weighted by atomic mass is 32.1. The molecule has 1 N–H and O–H groups in total. The number of thiophene rings is 1. The van der Waals surface area contributed by atoms with Crippen molar-refractivity contribution in [2.75, 3.05) is 13.2 Å². The molecule has 1 aromatic heterocycles. The van der Waals surface area contributed by atoms with Gasteiger partial charge in [-0.1, -0.05) is 32.0 Å². The molecule has 2 nitrogen and oxygen atoms in total. The van der Waals surface area contributed by atoms with E-state index in [0.29, 0.717) is 12.6 Å². The molecular weight excluding hydrogens is 230 g/mol. The Morgan fingerprint density at radius 2 is 2.12 bits per heavy atom. The molecule has 0 fully saturated rings. The second kappa shape index (κ2) is 6.15. The molecular formula is C14H19NOS. The molecule has 2 rings (SSSR count). The van der Waals surface area contributed by atoms with Crippen LogP contribution in [0, 0.1) is 0 Å². The van der Waals surface area contributed by atoms with Gasteiger partial charge in [-0.25, -0.2) is 0 Å². The van der Waals surface area contributed by atoms with Crippen LogP contribution in [0.1, 0.15) is 19.4 Å². The molecule has 0 aliphatic carbocycles. The van der Waals surface area contributed by atoms with Crippen molar-refractivity contribution in [3.8, 4) is 0 Å². The van der Waals surface area contributed by atoms with Crippen LogP contribution in [-0.2, 0) is 11.3 Å².